The highest BCUT2D eigenvalue weighted by atomic mass is 19.1. The van der Waals surface area contributed by atoms with Gasteiger partial charge in [0.1, 0.15) is 5.82 Å². The van der Waals surface area contributed by atoms with Crippen LogP contribution in [-0.2, 0) is 16.1 Å². The molecule has 16 heavy (non-hydrogen) atoms. The average molecular weight is 224 g/mol. The van der Waals surface area contributed by atoms with Gasteiger partial charge in [0, 0.05) is 12.0 Å². The summed E-state index contributed by atoms with van der Waals surface area (Å²) >= 11 is 0. The summed E-state index contributed by atoms with van der Waals surface area (Å²) in [6.07, 6.45) is 1.30. The van der Waals surface area contributed by atoms with Gasteiger partial charge in [-0.05, 0) is 19.9 Å². The van der Waals surface area contributed by atoms with E-state index < -0.39 is 0 Å². The summed E-state index contributed by atoms with van der Waals surface area (Å²) in [5.41, 5.74) is 0.606. The monoisotopic (exact) mass is 224 g/mol. The van der Waals surface area contributed by atoms with Gasteiger partial charge in [-0.2, -0.15) is 0 Å². The molecule has 88 valence electrons. The van der Waals surface area contributed by atoms with Crippen LogP contribution in [0.1, 0.15) is 25.8 Å². The highest BCUT2D eigenvalue weighted by Gasteiger charge is 2.30. The number of rotatable bonds is 3. The molecule has 0 amide bonds. The van der Waals surface area contributed by atoms with E-state index in [2.05, 4.69) is 0 Å². The van der Waals surface area contributed by atoms with Crippen molar-refractivity contribution < 1.29 is 13.9 Å². The van der Waals surface area contributed by atoms with Crippen molar-refractivity contribution in [2.45, 2.75) is 45.2 Å². The van der Waals surface area contributed by atoms with Crippen LogP contribution in [0.5, 0.6) is 0 Å². The zero-order valence-corrected chi connectivity index (χ0v) is 9.65. The van der Waals surface area contributed by atoms with Crippen LogP contribution in [0.3, 0.4) is 0 Å². The lowest BCUT2D eigenvalue weighted by Gasteiger charge is -2.15. The summed E-state index contributed by atoms with van der Waals surface area (Å²) in [7, 11) is 0. The van der Waals surface area contributed by atoms with Crippen LogP contribution in [0.25, 0.3) is 0 Å². The van der Waals surface area contributed by atoms with Crippen LogP contribution in [0, 0.1) is 5.82 Å². The van der Waals surface area contributed by atoms with Crippen molar-refractivity contribution in [3.63, 3.8) is 0 Å². The molecular weight excluding hydrogens is 207 g/mol. The molecule has 1 aliphatic heterocycles. The average Bonchev–Trinajstić information content (AvgIpc) is 2.56. The zero-order chi connectivity index (χ0) is 11.5. The van der Waals surface area contributed by atoms with Gasteiger partial charge in [0.15, 0.2) is 0 Å². The van der Waals surface area contributed by atoms with E-state index in [1.54, 1.807) is 12.1 Å². The van der Waals surface area contributed by atoms with Gasteiger partial charge in [-0.15, -0.1) is 0 Å². The van der Waals surface area contributed by atoms with E-state index in [0.29, 0.717) is 12.2 Å². The van der Waals surface area contributed by atoms with Crippen LogP contribution < -0.4 is 0 Å². The first-order valence-corrected chi connectivity index (χ1v) is 5.67. The highest BCUT2D eigenvalue weighted by Crippen LogP contribution is 2.23. The van der Waals surface area contributed by atoms with Crippen molar-refractivity contribution in [1.82, 2.24) is 0 Å². The Balaban J connectivity index is 1.90. The molecule has 2 nitrogen and oxygen atoms in total. The summed E-state index contributed by atoms with van der Waals surface area (Å²) < 4.78 is 24.6. The summed E-state index contributed by atoms with van der Waals surface area (Å²) in [6, 6.07) is 6.70. The van der Waals surface area contributed by atoms with Crippen molar-refractivity contribution in [3.8, 4) is 0 Å². The third kappa shape index (κ3) is 2.60. The number of halogens is 1. The van der Waals surface area contributed by atoms with Crippen molar-refractivity contribution in [1.29, 1.82) is 0 Å². The zero-order valence-electron chi connectivity index (χ0n) is 9.65. The van der Waals surface area contributed by atoms with E-state index in [1.165, 1.54) is 6.07 Å². The van der Waals surface area contributed by atoms with E-state index >= 15 is 0 Å². The molecule has 0 spiro atoms. The normalized spacial score (nSPS) is 29.6. The fourth-order valence-electron chi connectivity index (χ4n) is 2.04. The first-order chi connectivity index (χ1) is 7.66. The molecule has 1 aromatic rings. The van der Waals surface area contributed by atoms with Gasteiger partial charge in [-0.3, -0.25) is 0 Å². The molecule has 0 saturated carbocycles. The molecule has 1 aromatic carbocycles. The minimum atomic E-state index is -0.206. The standard InChI is InChI=1S/C13H17FO2/c1-9-7-13(10(2)16-9)15-8-11-5-3-4-6-12(11)14/h3-6,9-10,13H,7-8H2,1-2H3. The first-order valence-electron chi connectivity index (χ1n) is 5.67. The van der Waals surface area contributed by atoms with Crippen molar-refractivity contribution in [3.05, 3.63) is 35.6 Å². The van der Waals surface area contributed by atoms with Gasteiger partial charge in [0.2, 0.25) is 0 Å². The van der Waals surface area contributed by atoms with Gasteiger partial charge < -0.3 is 9.47 Å². The van der Waals surface area contributed by atoms with E-state index in [-0.39, 0.29) is 24.1 Å². The second kappa shape index (κ2) is 4.93. The summed E-state index contributed by atoms with van der Waals surface area (Å²) in [5.74, 6) is -0.206. The summed E-state index contributed by atoms with van der Waals surface area (Å²) in [4.78, 5) is 0. The Kier molecular flexibility index (Phi) is 3.56. The lowest BCUT2D eigenvalue weighted by molar-refractivity contribution is -0.0180. The summed E-state index contributed by atoms with van der Waals surface area (Å²) in [5, 5.41) is 0. The van der Waals surface area contributed by atoms with E-state index in [9.17, 15) is 4.39 Å². The second-order valence-electron chi connectivity index (χ2n) is 4.33. The maximum atomic E-state index is 13.3. The molecule has 2 rings (SSSR count). The van der Waals surface area contributed by atoms with Crippen LogP contribution >= 0.6 is 0 Å². The van der Waals surface area contributed by atoms with E-state index in [1.807, 2.05) is 19.9 Å². The fraction of sp³-hybridized carbons (Fsp3) is 0.538. The maximum Gasteiger partial charge on any atom is 0.128 e. The molecule has 1 fully saturated rings. The predicted octanol–water partition coefficient (Wildman–Crippen LogP) is 2.91. The van der Waals surface area contributed by atoms with E-state index in [4.69, 9.17) is 9.47 Å². The number of benzene rings is 1. The molecule has 1 aliphatic rings. The van der Waals surface area contributed by atoms with Gasteiger partial charge in [0.05, 0.1) is 24.9 Å². The van der Waals surface area contributed by atoms with Crippen LogP contribution in [0.15, 0.2) is 24.3 Å². The third-order valence-electron chi connectivity index (χ3n) is 2.95. The Morgan fingerprint density at radius 1 is 1.38 bits per heavy atom. The SMILES string of the molecule is CC1CC(OCc2ccccc2F)C(C)O1. The number of hydrogen-bond acceptors (Lipinski definition) is 2. The van der Waals surface area contributed by atoms with Crippen LogP contribution in [0.2, 0.25) is 0 Å². The summed E-state index contributed by atoms with van der Waals surface area (Å²) in [6.45, 7) is 4.34. The molecule has 0 radical (unpaired) electrons. The lowest BCUT2D eigenvalue weighted by atomic mass is 10.1. The second-order valence-corrected chi connectivity index (χ2v) is 4.33. The number of ether oxygens (including phenoxy) is 2. The Labute approximate surface area is 95.4 Å². The van der Waals surface area contributed by atoms with Gasteiger partial charge in [-0.25, -0.2) is 4.39 Å². The smallest absolute Gasteiger partial charge is 0.128 e. The molecule has 3 heteroatoms. The van der Waals surface area contributed by atoms with Crippen molar-refractivity contribution in [2.75, 3.05) is 0 Å². The lowest BCUT2D eigenvalue weighted by Crippen LogP contribution is -2.21. The topological polar surface area (TPSA) is 18.5 Å². The molecule has 3 atom stereocenters. The molecule has 1 heterocycles. The molecule has 1 saturated heterocycles. The first kappa shape index (κ1) is 11.6. The number of hydrogen-bond donors (Lipinski definition) is 0. The Morgan fingerprint density at radius 3 is 2.75 bits per heavy atom. The molecule has 3 unspecified atom stereocenters. The molecule has 0 aliphatic carbocycles. The van der Waals surface area contributed by atoms with Crippen molar-refractivity contribution >= 4 is 0 Å². The molecule has 0 N–H and O–H groups in total. The molecule has 0 aromatic heterocycles. The quantitative estimate of drug-likeness (QED) is 0.786. The van der Waals surface area contributed by atoms with Gasteiger partial charge >= 0.3 is 0 Å². The maximum absolute atomic E-state index is 13.3. The van der Waals surface area contributed by atoms with Gasteiger partial charge in [-0.1, -0.05) is 18.2 Å². The van der Waals surface area contributed by atoms with E-state index in [0.717, 1.165) is 6.42 Å². The largest absolute Gasteiger partial charge is 0.373 e. The Morgan fingerprint density at radius 2 is 2.12 bits per heavy atom. The third-order valence-corrected chi connectivity index (χ3v) is 2.95. The molecular formula is C13H17FO2. The van der Waals surface area contributed by atoms with Crippen LogP contribution in [0.4, 0.5) is 4.39 Å². The van der Waals surface area contributed by atoms with Crippen molar-refractivity contribution in [2.24, 2.45) is 0 Å². The van der Waals surface area contributed by atoms with Gasteiger partial charge in [0.25, 0.3) is 0 Å². The predicted molar refractivity (Wildman–Crippen MR) is 59.6 cm³/mol. The Bertz CT molecular complexity index is 354. The minimum Gasteiger partial charge on any atom is -0.373 e. The van der Waals surface area contributed by atoms with Crippen LogP contribution in [-0.4, -0.2) is 18.3 Å². The highest BCUT2D eigenvalue weighted by molar-refractivity contribution is 5.16. The minimum absolute atomic E-state index is 0.0783. The molecule has 0 bridgehead atoms. The Hall–Kier alpha value is -0.930. The fourth-order valence-corrected chi connectivity index (χ4v) is 2.04.